The van der Waals surface area contributed by atoms with Gasteiger partial charge in [0.25, 0.3) is 0 Å². The Labute approximate surface area is 126 Å². The van der Waals surface area contributed by atoms with Gasteiger partial charge in [0.15, 0.2) is 0 Å². The van der Waals surface area contributed by atoms with Crippen LogP contribution in [0, 0.1) is 5.92 Å². The molecule has 0 spiro atoms. The fourth-order valence-corrected chi connectivity index (χ4v) is 2.74. The van der Waals surface area contributed by atoms with Crippen molar-refractivity contribution in [2.45, 2.75) is 12.8 Å². The van der Waals surface area contributed by atoms with Crippen LogP contribution in [-0.4, -0.2) is 51.2 Å². The Morgan fingerprint density at radius 2 is 2.24 bits per heavy atom. The van der Waals surface area contributed by atoms with E-state index in [-0.39, 0.29) is 12.5 Å². The van der Waals surface area contributed by atoms with E-state index in [1.165, 1.54) is 26.5 Å². The van der Waals surface area contributed by atoms with Gasteiger partial charge in [-0.15, -0.1) is 0 Å². The molecular formula is C16H25N3O2. The molecule has 21 heavy (non-hydrogen) atoms. The highest BCUT2D eigenvalue weighted by molar-refractivity contribution is 5.92. The van der Waals surface area contributed by atoms with Gasteiger partial charge in [0, 0.05) is 31.6 Å². The Morgan fingerprint density at radius 3 is 3.00 bits per heavy atom. The zero-order valence-corrected chi connectivity index (χ0v) is 12.9. The first-order chi connectivity index (χ1) is 10.2. The average molecular weight is 291 g/mol. The predicted octanol–water partition coefficient (Wildman–Crippen LogP) is 2.03. The number of likely N-dealkylation sites (tertiary alicyclic amines) is 1. The van der Waals surface area contributed by atoms with Gasteiger partial charge >= 0.3 is 0 Å². The summed E-state index contributed by atoms with van der Waals surface area (Å²) in [7, 11) is 3.69. The van der Waals surface area contributed by atoms with Crippen LogP contribution in [0.2, 0.25) is 0 Å². The summed E-state index contributed by atoms with van der Waals surface area (Å²) in [4.78, 5) is 13.9. The highest BCUT2D eigenvalue weighted by atomic mass is 16.5. The molecule has 1 unspecified atom stereocenters. The van der Waals surface area contributed by atoms with Crippen LogP contribution in [0.4, 0.5) is 11.4 Å². The third-order valence-corrected chi connectivity index (χ3v) is 3.74. The maximum atomic E-state index is 11.5. The van der Waals surface area contributed by atoms with E-state index in [2.05, 4.69) is 22.6 Å². The summed E-state index contributed by atoms with van der Waals surface area (Å²) in [5.41, 5.74) is 1.83. The fourth-order valence-electron chi connectivity index (χ4n) is 2.74. The number of hydrogen-bond acceptors (Lipinski definition) is 4. The highest BCUT2D eigenvalue weighted by Gasteiger charge is 2.16. The number of benzene rings is 1. The van der Waals surface area contributed by atoms with E-state index in [0.29, 0.717) is 5.92 Å². The predicted molar refractivity (Wildman–Crippen MR) is 85.7 cm³/mol. The maximum Gasteiger partial charge on any atom is 0.250 e. The number of hydrogen-bond donors (Lipinski definition) is 2. The van der Waals surface area contributed by atoms with Gasteiger partial charge in [0.05, 0.1) is 0 Å². The van der Waals surface area contributed by atoms with Crippen LogP contribution >= 0.6 is 0 Å². The number of ether oxygens (including phenoxy) is 1. The number of carbonyl (C=O) groups is 1. The van der Waals surface area contributed by atoms with Gasteiger partial charge in [0.2, 0.25) is 5.91 Å². The van der Waals surface area contributed by atoms with E-state index in [4.69, 9.17) is 4.74 Å². The van der Waals surface area contributed by atoms with Crippen LogP contribution in [0.15, 0.2) is 24.3 Å². The Morgan fingerprint density at radius 1 is 1.43 bits per heavy atom. The molecule has 5 nitrogen and oxygen atoms in total. The third-order valence-electron chi connectivity index (χ3n) is 3.74. The van der Waals surface area contributed by atoms with Gasteiger partial charge in [-0.05, 0) is 50.6 Å². The number of carbonyl (C=O) groups excluding carboxylic acids is 1. The fraction of sp³-hybridized carbons (Fsp3) is 0.562. The minimum Gasteiger partial charge on any atom is -0.385 e. The molecule has 0 radical (unpaired) electrons. The summed E-state index contributed by atoms with van der Waals surface area (Å²) in [5.74, 6) is 0.555. The van der Waals surface area contributed by atoms with Crippen LogP contribution in [0.5, 0.6) is 0 Å². The molecule has 1 amide bonds. The van der Waals surface area contributed by atoms with Gasteiger partial charge in [-0.25, -0.2) is 0 Å². The Bertz CT molecular complexity index is 465. The minimum atomic E-state index is -0.136. The van der Waals surface area contributed by atoms with E-state index >= 15 is 0 Å². The normalized spacial score (nSPS) is 19.2. The van der Waals surface area contributed by atoms with Crippen molar-refractivity contribution in [3.63, 3.8) is 0 Å². The first kappa shape index (κ1) is 15.8. The van der Waals surface area contributed by atoms with Crippen LogP contribution < -0.4 is 10.6 Å². The smallest absolute Gasteiger partial charge is 0.250 e. The van der Waals surface area contributed by atoms with Crippen LogP contribution in [0.3, 0.4) is 0 Å². The molecule has 1 aliphatic heterocycles. The van der Waals surface area contributed by atoms with E-state index in [9.17, 15) is 4.79 Å². The third kappa shape index (κ3) is 5.36. The summed E-state index contributed by atoms with van der Waals surface area (Å²) in [6.07, 6.45) is 2.55. The Kier molecular flexibility index (Phi) is 6.02. The average Bonchev–Trinajstić information content (AvgIpc) is 2.46. The van der Waals surface area contributed by atoms with Crippen molar-refractivity contribution in [1.29, 1.82) is 0 Å². The van der Waals surface area contributed by atoms with E-state index in [1.807, 2.05) is 24.3 Å². The molecule has 1 atom stereocenters. The molecule has 0 aliphatic carbocycles. The molecule has 0 aromatic heterocycles. The lowest BCUT2D eigenvalue weighted by molar-refractivity contribution is -0.119. The summed E-state index contributed by atoms with van der Waals surface area (Å²) >= 11 is 0. The molecule has 1 aromatic rings. The van der Waals surface area contributed by atoms with E-state index in [1.54, 1.807) is 0 Å². The van der Waals surface area contributed by atoms with Crippen LogP contribution in [0.1, 0.15) is 12.8 Å². The van der Waals surface area contributed by atoms with Gasteiger partial charge in [0.1, 0.15) is 6.61 Å². The summed E-state index contributed by atoms with van der Waals surface area (Å²) < 4.78 is 4.81. The van der Waals surface area contributed by atoms with E-state index in [0.717, 1.165) is 24.5 Å². The van der Waals surface area contributed by atoms with Gasteiger partial charge in [-0.1, -0.05) is 6.07 Å². The number of piperidine rings is 1. The van der Waals surface area contributed by atoms with Crippen molar-refractivity contribution < 1.29 is 9.53 Å². The van der Waals surface area contributed by atoms with Crippen molar-refractivity contribution in [3.8, 4) is 0 Å². The van der Waals surface area contributed by atoms with Crippen molar-refractivity contribution in [3.05, 3.63) is 24.3 Å². The second-order valence-electron chi connectivity index (χ2n) is 5.71. The molecule has 2 rings (SSSR count). The molecule has 5 heteroatoms. The second kappa shape index (κ2) is 8.00. The molecule has 1 heterocycles. The number of nitrogens with one attached hydrogen (secondary N) is 2. The lowest BCUT2D eigenvalue weighted by Gasteiger charge is -2.30. The summed E-state index contributed by atoms with van der Waals surface area (Å²) in [6, 6.07) is 7.81. The monoisotopic (exact) mass is 291 g/mol. The number of anilines is 2. The topological polar surface area (TPSA) is 53.6 Å². The minimum absolute atomic E-state index is 0.0755. The Balaban J connectivity index is 1.84. The van der Waals surface area contributed by atoms with Crippen molar-refractivity contribution in [2.75, 3.05) is 51.0 Å². The zero-order chi connectivity index (χ0) is 15.1. The van der Waals surface area contributed by atoms with Crippen molar-refractivity contribution >= 4 is 17.3 Å². The van der Waals surface area contributed by atoms with Crippen LogP contribution in [0.25, 0.3) is 0 Å². The number of rotatable bonds is 6. The summed E-state index contributed by atoms with van der Waals surface area (Å²) in [6.45, 7) is 3.40. The number of nitrogens with zero attached hydrogens (tertiary/aromatic N) is 1. The molecule has 116 valence electrons. The van der Waals surface area contributed by atoms with Gasteiger partial charge in [-0.2, -0.15) is 0 Å². The number of methoxy groups -OCH3 is 1. The molecule has 1 saturated heterocycles. The second-order valence-corrected chi connectivity index (χ2v) is 5.71. The molecule has 0 bridgehead atoms. The van der Waals surface area contributed by atoms with Crippen LogP contribution in [-0.2, 0) is 9.53 Å². The SMILES string of the molecule is COCC(=O)Nc1cccc(NCC2CCCN(C)C2)c1. The molecule has 0 saturated carbocycles. The molecular weight excluding hydrogens is 266 g/mol. The standard InChI is InChI=1S/C16H25N3O2/c1-19-8-4-5-13(11-19)10-17-14-6-3-7-15(9-14)18-16(20)12-21-2/h3,6-7,9,13,17H,4-5,8,10-12H2,1-2H3,(H,18,20). The molecule has 1 fully saturated rings. The highest BCUT2D eigenvalue weighted by Crippen LogP contribution is 2.18. The maximum absolute atomic E-state index is 11.5. The van der Waals surface area contributed by atoms with E-state index < -0.39 is 0 Å². The first-order valence-corrected chi connectivity index (χ1v) is 7.48. The van der Waals surface area contributed by atoms with Gasteiger partial charge in [-0.3, -0.25) is 4.79 Å². The molecule has 1 aromatic carbocycles. The zero-order valence-electron chi connectivity index (χ0n) is 12.9. The lowest BCUT2D eigenvalue weighted by atomic mass is 9.98. The van der Waals surface area contributed by atoms with Crippen molar-refractivity contribution in [2.24, 2.45) is 5.92 Å². The first-order valence-electron chi connectivity index (χ1n) is 7.48. The molecule has 1 aliphatic rings. The number of amides is 1. The molecule has 2 N–H and O–H groups in total. The van der Waals surface area contributed by atoms with Crippen molar-refractivity contribution in [1.82, 2.24) is 4.90 Å². The lowest BCUT2D eigenvalue weighted by Crippen LogP contribution is -2.35. The Hall–Kier alpha value is -1.59. The summed E-state index contributed by atoms with van der Waals surface area (Å²) in [5, 5.41) is 6.29. The quantitative estimate of drug-likeness (QED) is 0.842. The largest absolute Gasteiger partial charge is 0.385 e. The van der Waals surface area contributed by atoms with Gasteiger partial charge < -0.3 is 20.3 Å².